The maximum atomic E-state index is 6.48. The summed E-state index contributed by atoms with van der Waals surface area (Å²) in [7, 11) is 0. The summed E-state index contributed by atoms with van der Waals surface area (Å²) in [6.45, 7) is 0. The normalized spacial score (nSPS) is 11.4. The van der Waals surface area contributed by atoms with Crippen LogP contribution in [0.4, 0.5) is 0 Å². The summed E-state index contributed by atoms with van der Waals surface area (Å²) in [5, 5.41) is 4.69. The van der Waals surface area contributed by atoms with E-state index in [0.717, 1.165) is 61.1 Å². The van der Waals surface area contributed by atoms with Crippen molar-refractivity contribution in [1.29, 1.82) is 0 Å². The van der Waals surface area contributed by atoms with Gasteiger partial charge in [0.2, 0.25) is 0 Å². The standard InChI is InChI=1S/C45H29NO/c1-4-13-30(14-5-1)35-24-25-36(39-20-11-10-19-38(35)39)33-23-26-43-40(27-33)45-37(21-12-22-44(45)47-43)34-28-41(31-15-6-2-7-16-31)46-42(29-34)32-17-8-3-9-18-32/h1-29H. The fourth-order valence-corrected chi connectivity index (χ4v) is 6.85. The zero-order valence-corrected chi connectivity index (χ0v) is 25.6. The highest BCUT2D eigenvalue weighted by Crippen LogP contribution is 2.42. The van der Waals surface area contributed by atoms with Crippen LogP contribution < -0.4 is 0 Å². The van der Waals surface area contributed by atoms with Crippen molar-refractivity contribution < 1.29 is 4.42 Å². The Hall–Kier alpha value is -6.25. The van der Waals surface area contributed by atoms with Gasteiger partial charge < -0.3 is 4.42 Å². The molecule has 0 fully saturated rings. The molecule has 47 heavy (non-hydrogen) atoms. The lowest BCUT2D eigenvalue weighted by atomic mass is 9.91. The lowest BCUT2D eigenvalue weighted by molar-refractivity contribution is 0.669. The quantitative estimate of drug-likeness (QED) is 0.197. The molecule has 0 spiro atoms. The number of hydrogen-bond donors (Lipinski definition) is 0. The van der Waals surface area contributed by atoms with E-state index in [1.165, 1.54) is 27.5 Å². The molecule has 2 aromatic heterocycles. The molecule has 0 unspecified atom stereocenters. The molecule has 7 aromatic carbocycles. The Labute approximate surface area is 273 Å². The van der Waals surface area contributed by atoms with E-state index in [1.54, 1.807) is 0 Å². The van der Waals surface area contributed by atoms with Crippen molar-refractivity contribution in [1.82, 2.24) is 4.98 Å². The Morgan fingerprint density at radius 2 is 0.872 bits per heavy atom. The minimum atomic E-state index is 0.873. The average molecular weight is 600 g/mol. The number of nitrogens with zero attached hydrogens (tertiary/aromatic N) is 1. The minimum absolute atomic E-state index is 0.873. The van der Waals surface area contributed by atoms with E-state index < -0.39 is 0 Å². The molecule has 0 saturated heterocycles. The molecule has 0 aliphatic carbocycles. The summed E-state index contributed by atoms with van der Waals surface area (Å²) in [5.74, 6) is 0. The third kappa shape index (κ3) is 4.79. The summed E-state index contributed by atoms with van der Waals surface area (Å²) >= 11 is 0. The number of fused-ring (bicyclic) bond motifs is 4. The van der Waals surface area contributed by atoms with Crippen molar-refractivity contribution in [2.75, 3.05) is 0 Å². The van der Waals surface area contributed by atoms with Gasteiger partial charge in [-0.2, -0.15) is 0 Å². The van der Waals surface area contributed by atoms with Gasteiger partial charge in [-0.05, 0) is 74.5 Å². The molecule has 0 aliphatic rings. The number of pyridine rings is 1. The Morgan fingerprint density at radius 3 is 1.49 bits per heavy atom. The number of benzene rings is 7. The molecule has 0 aliphatic heterocycles. The molecule has 2 heteroatoms. The van der Waals surface area contributed by atoms with Gasteiger partial charge >= 0.3 is 0 Å². The zero-order valence-electron chi connectivity index (χ0n) is 25.6. The Balaban J connectivity index is 1.25. The van der Waals surface area contributed by atoms with Crippen molar-refractivity contribution in [2.45, 2.75) is 0 Å². The monoisotopic (exact) mass is 599 g/mol. The summed E-state index contributed by atoms with van der Waals surface area (Å²) in [6.07, 6.45) is 0. The van der Waals surface area contributed by atoms with Crippen LogP contribution in [0.25, 0.3) is 88.6 Å². The molecule has 0 bridgehead atoms. The first-order valence-corrected chi connectivity index (χ1v) is 16.0. The van der Waals surface area contributed by atoms with E-state index in [2.05, 4.69) is 164 Å². The van der Waals surface area contributed by atoms with Gasteiger partial charge in [-0.25, -0.2) is 4.98 Å². The zero-order chi connectivity index (χ0) is 31.2. The van der Waals surface area contributed by atoms with Gasteiger partial charge in [0, 0.05) is 21.9 Å². The van der Waals surface area contributed by atoms with Gasteiger partial charge in [-0.15, -0.1) is 0 Å². The van der Waals surface area contributed by atoms with E-state index in [-0.39, 0.29) is 0 Å². The third-order valence-electron chi connectivity index (χ3n) is 9.09. The molecular weight excluding hydrogens is 571 g/mol. The van der Waals surface area contributed by atoms with Gasteiger partial charge in [0.15, 0.2) is 0 Å². The van der Waals surface area contributed by atoms with E-state index in [9.17, 15) is 0 Å². The first kappa shape index (κ1) is 27.1. The smallest absolute Gasteiger partial charge is 0.136 e. The van der Waals surface area contributed by atoms with Gasteiger partial charge in [0.25, 0.3) is 0 Å². The molecule has 0 radical (unpaired) electrons. The van der Waals surface area contributed by atoms with Crippen LogP contribution in [-0.4, -0.2) is 4.98 Å². The predicted molar refractivity (Wildman–Crippen MR) is 196 cm³/mol. The van der Waals surface area contributed by atoms with Crippen molar-refractivity contribution in [3.05, 3.63) is 176 Å². The highest BCUT2D eigenvalue weighted by Gasteiger charge is 2.17. The van der Waals surface area contributed by atoms with Gasteiger partial charge in [-0.1, -0.05) is 146 Å². The topological polar surface area (TPSA) is 26.0 Å². The van der Waals surface area contributed by atoms with E-state index in [1.807, 2.05) is 12.1 Å². The molecular formula is C45H29NO. The summed E-state index contributed by atoms with van der Waals surface area (Å²) in [6, 6.07) is 62.0. The molecule has 0 N–H and O–H groups in total. The second-order valence-electron chi connectivity index (χ2n) is 11.9. The Morgan fingerprint density at radius 1 is 0.319 bits per heavy atom. The van der Waals surface area contributed by atoms with Crippen LogP contribution in [0.15, 0.2) is 180 Å². The molecule has 0 atom stereocenters. The van der Waals surface area contributed by atoms with Crippen molar-refractivity contribution in [3.8, 4) is 55.9 Å². The maximum absolute atomic E-state index is 6.48. The predicted octanol–water partition coefficient (Wildman–Crippen LogP) is 12.5. The van der Waals surface area contributed by atoms with Crippen molar-refractivity contribution in [3.63, 3.8) is 0 Å². The fraction of sp³-hybridized carbons (Fsp3) is 0. The third-order valence-corrected chi connectivity index (χ3v) is 9.09. The molecule has 9 aromatic rings. The van der Waals surface area contributed by atoms with Crippen LogP contribution in [0.5, 0.6) is 0 Å². The van der Waals surface area contributed by atoms with Crippen LogP contribution in [0.1, 0.15) is 0 Å². The second kappa shape index (κ2) is 11.3. The maximum Gasteiger partial charge on any atom is 0.136 e. The molecule has 0 saturated carbocycles. The number of aromatic nitrogens is 1. The second-order valence-corrected chi connectivity index (χ2v) is 11.9. The largest absolute Gasteiger partial charge is 0.456 e. The Bertz CT molecular complexity index is 2490. The first-order valence-electron chi connectivity index (χ1n) is 16.0. The minimum Gasteiger partial charge on any atom is -0.456 e. The van der Waals surface area contributed by atoms with Crippen LogP contribution >= 0.6 is 0 Å². The van der Waals surface area contributed by atoms with Gasteiger partial charge in [-0.3, -0.25) is 0 Å². The number of rotatable bonds is 5. The van der Waals surface area contributed by atoms with Crippen molar-refractivity contribution >= 4 is 32.7 Å². The van der Waals surface area contributed by atoms with Gasteiger partial charge in [0.1, 0.15) is 11.2 Å². The van der Waals surface area contributed by atoms with E-state index >= 15 is 0 Å². The highest BCUT2D eigenvalue weighted by atomic mass is 16.3. The lowest BCUT2D eigenvalue weighted by Gasteiger charge is -2.13. The van der Waals surface area contributed by atoms with Crippen LogP contribution in [-0.2, 0) is 0 Å². The SMILES string of the molecule is c1ccc(-c2cc(-c3cccc4oc5ccc(-c6ccc(-c7ccccc7)c7ccccc67)cc5c34)cc(-c3ccccc3)n2)cc1. The fourth-order valence-electron chi connectivity index (χ4n) is 6.85. The number of hydrogen-bond acceptors (Lipinski definition) is 2. The summed E-state index contributed by atoms with van der Waals surface area (Å²) < 4.78 is 6.48. The summed E-state index contributed by atoms with van der Waals surface area (Å²) in [5.41, 5.74) is 12.9. The molecule has 9 rings (SSSR count). The molecule has 2 heterocycles. The molecule has 2 nitrogen and oxygen atoms in total. The number of furan rings is 1. The average Bonchev–Trinajstić information content (AvgIpc) is 3.53. The molecule has 0 amide bonds. The van der Waals surface area contributed by atoms with Crippen LogP contribution in [0, 0.1) is 0 Å². The van der Waals surface area contributed by atoms with E-state index in [4.69, 9.17) is 9.40 Å². The first-order chi connectivity index (χ1) is 23.3. The van der Waals surface area contributed by atoms with Crippen LogP contribution in [0.2, 0.25) is 0 Å². The van der Waals surface area contributed by atoms with Crippen LogP contribution in [0.3, 0.4) is 0 Å². The van der Waals surface area contributed by atoms with Crippen molar-refractivity contribution in [2.24, 2.45) is 0 Å². The molecule has 220 valence electrons. The summed E-state index contributed by atoms with van der Waals surface area (Å²) in [4.78, 5) is 5.12. The lowest BCUT2D eigenvalue weighted by Crippen LogP contribution is -1.91. The highest BCUT2D eigenvalue weighted by molar-refractivity contribution is 6.14. The Kier molecular flexibility index (Phi) is 6.50. The van der Waals surface area contributed by atoms with E-state index in [0.29, 0.717) is 0 Å². The van der Waals surface area contributed by atoms with Gasteiger partial charge in [0.05, 0.1) is 11.4 Å².